The number of hydrogen-bond acceptors (Lipinski definition) is 6. The molecule has 8 heteroatoms. The first-order valence-corrected chi connectivity index (χ1v) is 11.3. The van der Waals surface area contributed by atoms with E-state index in [-0.39, 0.29) is 11.9 Å². The number of fused-ring (bicyclic) bond motifs is 1. The number of carbonyl (C=O) groups is 1. The average molecular weight is 424 g/mol. The molecule has 0 N–H and O–H groups in total. The minimum atomic E-state index is -0.200. The Bertz CT molecular complexity index is 1050. The molecule has 8 nitrogen and oxygen atoms in total. The first-order valence-electron chi connectivity index (χ1n) is 11.3. The van der Waals surface area contributed by atoms with E-state index >= 15 is 0 Å². The second-order valence-corrected chi connectivity index (χ2v) is 8.67. The molecule has 2 aliphatic rings. The minimum Gasteiger partial charge on any atom is -0.381 e. The van der Waals surface area contributed by atoms with Crippen LogP contribution in [-0.4, -0.2) is 50.5 Å². The van der Waals surface area contributed by atoms with Gasteiger partial charge in [0.25, 0.3) is 5.91 Å². The van der Waals surface area contributed by atoms with E-state index in [2.05, 4.69) is 15.2 Å². The number of carbonyl (C=O) groups excluding carboxylic acids is 1. The first kappa shape index (κ1) is 20.2. The van der Waals surface area contributed by atoms with Gasteiger partial charge in [-0.3, -0.25) is 9.48 Å². The van der Waals surface area contributed by atoms with Gasteiger partial charge in [0.15, 0.2) is 11.5 Å². The van der Waals surface area contributed by atoms with Crippen molar-refractivity contribution < 1.29 is 14.1 Å². The number of likely N-dealkylation sites (tertiary alicyclic amines) is 1. The number of aromatic nitrogens is 4. The van der Waals surface area contributed by atoms with Crippen LogP contribution in [-0.2, 0) is 18.2 Å². The quantitative estimate of drug-likeness (QED) is 0.539. The Morgan fingerprint density at radius 2 is 2.03 bits per heavy atom. The highest BCUT2D eigenvalue weighted by molar-refractivity contribution is 6.05. The molecular weight excluding hydrogens is 394 g/mol. The number of amides is 1. The molecule has 1 saturated carbocycles. The zero-order valence-electron chi connectivity index (χ0n) is 18.0. The Labute approximate surface area is 181 Å². The van der Waals surface area contributed by atoms with Crippen LogP contribution in [0.15, 0.2) is 28.8 Å². The van der Waals surface area contributed by atoms with E-state index in [0.29, 0.717) is 42.9 Å². The summed E-state index contributed by atoms with van der Waals surface area (Å²) in [7, 11) is 1.86. The van der Waals surface area contributed by atoms with Crippen LogP contribution < -0.4 is 0 Å². The molecule has 0 bridgehead atoms. The van der Waals surface area contributed by atoms with Crippen molar-refractivity contribution in [3.05, 3.63) is 41.7 Å². The van der Waals surface area contributed by atoms with Crippen LogP contribution in [0, 0.1) is 5.92 Å². The third-order valence-corrected chi connectivity index (χ3v) is 6.54. The number of benzene rings is 1. The summed E-state index contributed by atoms with van der Waals surface area (Å²) in [4.78, 5) is 19.7. The molecule has 164 valence electrons. The predicted octanol–water partition coefficient (Wildman–Crippen LogP) is 3.68. The van der Waals surface area contributed by atoms with Gasteiger partial charge in [-0.05, 0) is 37.7 Å². The fourth-order valence-electron chi connectivity index (χ4n) is 4.87. The molecule has 31 heavy (non-hydrogen) atoms. The van der Waals surface area contributed by atoms with E-state index in [1.807, 2.05) is 36.2 Å². The Morgan fingerprint density at radius 3 is 2.90 bits per heavy atom. The zero-order valence-corrected chi connectivity index (χ0v) is 18.0. The molecule has 0 spiro atoms. The topological polar surface area (TPSA) is 86.3 Å². The molecule has 1 aromatic carbocycles. The number of ether oxygens (including phenoxy) is 1. The van der Waals surface area contributed by atoms with E-state index in [9.17, 15) is 4.79 Å². The third kappa shape index (κ3) is 4.08. The second kappa shape index (κ2) is 8.78. The number of hydrogen-bond donors (Lipinski definition) is 0. The molecule has 3 heterocycles. The van der Waals surface area contributed by atoms with Gasteiger partial charge in [0.1, 0.15) is 6.04 Å². The van der Waals surface area contributed by atoms with Gasteiger partial charge in [0.05, 0.1) is 12.1 Å². The largest absolute Gasteiger partial charge is 0.381 e. The lowest BCUT2D eigenvalue weighted by molar-refractivity contribution is 0.0705. The molecule has 1 atom stereocenters. The monoisotopic (exact) mass is 423 g/mol. The van der Waals surface area contributed by atoms with Crippen molar-refractivity contribution in [1.82, 2.24) is 24.8 Å². The van der Waals surface area contributed by atoms with Gasteiger partial charge in [-0.25, -0.2) is 0 Å². The number of rotatable bonds is 7. The summed E-state index contributed by atoms with van der Waals surface area (Å²) >= 11 is 0. The summed E-state index contributed by atoms with van der Waals surface area (Å²) in [6.45, 7) is 2.09. The van der Waals surface area contributed by atoms with Crippen LogP contribution >= 0.6 is 0 Å². The highest BCUT2D eigenvalue weighted by Gasteiger charge is 2.36. The van der Waals surface area contributed by atoms with Gasteiger partial charge in [-0.2, -0.15) is 10.1 Å². The van der Waals surface area contributed by atoms with Crippen LogP contribution in [0.4, 0.5) is 0 Å². The van der Waals surface area contributed by atoms with Crippen LogP contribution in [0.1, 0.15) is 66.8 Å². The van der Waals surface area contributed by atoms with E-state index < -0.39 is 0 Å². The van der Waals surface area contributed by atoms with Gasteiger partial charge in [0, 0.05) is 32.0 Å². The van der Waals surface area contributed by atoms with E-state index in [1.54, 1.807) is 4.68 Å². The summed E-state index contributed by atoms with van der Waals surface area (Å²) in [5.74, 6) is 1.78. The maximum atomic E-state index is 13.3. The van der Waals surface area contributed by atoms with E-state index in [1.165, 1.54) is 25.7 Å². The maximum Gasteiger partial charge on any atom is 0.275 e. The van der Waals surface area contributed by atoms with Crippen molar-refractivity contribution in [3.8, 4) is 0 Å². The fourth-order valence-corrected chi connectivity index (χ4v) is 4.87. The molecule has 2 aromatic heterocycles. The second-order valence-electron chi connectivity index (χ2n) is 8.67. The molecule has 1 aliphatic heterocycles. The van der Waals surface area contributed by atoms with Gasteiger partial charge >= 0.3 is 0 Å². The molecule has 5 rings (SSSR count). The first-order chi connectivity index (χ1) is 15.2. The van der Waals surface area contributed by atoms with Crippen molar-refractivity contribution in [2.24, 2.45) is 13.0 Å². The lowest BCUT2D eigenvalue weighted by Crippen LogP contribution is -2.31. The number of nitrogens with zero attached hydrogens (tertiary/aromatic N) is 5. The zero-order chi connectivity index (χ0) is 21.2. The minimum absolute atomic E-state index is 0.0843. The number of para-hydroxylation sites is 1. The lowest BCUT2D eigenvalue weighted by atomic mass is 10.1. The molecule has 1 unspecified atom stereocenters. The predicted molar refractivity (Wildman–Crippen MR) is 115 cm³/mol. The van der Waals surface area contributed by atoms with Crippen molar-refractivity contribution >= 4 is 16.8 Å². The summed E-state index contributed by atoms with van der Waals surface area (Å²) in [6.07, 6.45) is 7.56. The number of aryl methyl sites for hydroxylation is 1. The molecule has 2 fully saturated rings. The summed E-state index contributed by atoms with van der Waals surface area (Å²) < 4.78 is 13.1. The SMILES string of the molecule is Cn1nc(C(=O)N2CCCC2c2nc(CCOCC3CCCC3)no2)c2ccccc21. The Hall–Kier alpha value is -2.74. The van der Waals surface area contributed by atoms with Gasteiger partial charge in [-0.1, -0.05) is 36.2 Å². The van der Waals surface area contributed by atoms with Crippen LogP contribution in [0.5, 0.6) is 0 Å². The lowest BCUT2D eigenvalue weighted by Gasteiger charge is -2.20. The van der Waals surface area contributed by atoms with Crippen LogP contribution in [0.3, 0.4) is 0 Å². The molecule has 1 aliphatic carbocycles. The van der Waals surface area contributed by atoms with Gasteiger partial charge < -0.3 is 14.2 Å². The van der Waals surface area contributed by atoms with Crippen LogP contribution in [0.2, 0.25) is 0 Å². The van der Waals surface area contributed by atoms with Gasteiger partial charge in [-0.15, -0.1) is 0 Å². The van der Waals surface area contributed by atoms with Crippen LogP contribution in [0.25, 0.3) is 10.9 Å². The molecule has 3 aromatic rings. The third-order valence-electron chi connectivity index (χ3n) is 6.54. The van der Waals surface area contributed by atoms with Crippen molar-refractivity contribution in [1.29, 1.82) is 0 Å². The Balaban J connectivity index is 1.24. The Morgan fingerprint density at radius 1 is 1.19 bits per heavy atom. The van der Waals surface area contributed by atoms with Crippen molar-refractivity contribution in [3.63, 3.8) is 0 Å². The van der Waals surface area contributed by atoms with Crippen molar-refractivity contribution in [2.45, 2.75) is 51.0 Å². The van der Waals surface area contributed by atoms with Gasteiger partial charge in [0.2, 0.25) is 5.89 Å². The normalized spacial score (nSPS) is 19.6. The standard InChI is InChI=1S/C23H29N5O3/c1-27-18-10-5-4-9-17(18)21(25-27)23(29)28-13-6-11-19(28)22-24-20(26-31-22)12-14-30-15-16-7-2-3-8-16/h4-5,9-10,16,19H,2-3,6-8,11-15H2,1H3. The smallest absolute Gasteiger partial charge is 0.275 e. The summed E-state index contributed by atoms with van der Waals surface area (Å²) in [6, 6.07) is 7.60. The molecular formula is C23H29N5O3. The molecule has 1 saturated heterocycles. The summed E-state index contributed by atoms with van der Waals surface area (Å²) in [5, 5.41) is 9.49. The molecule has 1 amide bonds. The molecule has 0 radical (unpaired) electrons. The highest BCUT2D eigenvalue weighted by Crippen LogP contribution is 2.33. The maximum absolute atomic E-state index is 13.3. The fraction of sp³-hybridized carbons (Fsp3) is 0.565. The summed E-state index contributed by atoms with van der Waals surface area (Å²) in [5.41, 5.74) is 1.42. The van der Waals surface area contributed by atoms with Crippen molar-refractivity contribution in [2.75, 3.05) is 19.8 Å². The average Bonchev–Trinajstić information content (AvgIpc) is 3.58. The van der Waals surface area contributed by atoms with E-state index in [0.717, 1.165) is 30.4 Å². The highest BCUT2D eigenvalue weighted by atomic mass is 16.5. The van der Waals surface area contributed by atoms with E-state index in [4.69, 9.17) is 9.26 Å². The Kier molecular flexibility index (Phi) is 5.72.